The molecule has 0 radical (unpaired) electrons. The van der Waals surface area contributed by atoms with Crippen LogP contribution in [0.3, 0.4) is 0 Å². The van der Waals surface area contributed by atoms with Crippen LogP contribution in [0, 0.1) is 6.92 Å². The number of rotatable bonds is 5. The molecule has 1 saturated heterocycles. The van der Waals surface area contributed by atoms with Crippen molar-refractivity contribution >= 4 is 21.6 Å². The number of nitrogens with one attached hydrogen (secondary N) is 2. The molecule has 1 aliphatic rings. The molecule has 0 saturated carbocycles. The van der Waals surface area contributed by atoms with Gasteiger partial charge in [0.2, 0.25) is 15.9 Å². The van der Waals surface area contributed by atoms with Crippen LogP contribution in [0.2, 0.25) is 0 Å². The number of hydrogen-bond acceptors (Lipinski definition) is 5. The molecule has 1 aliphatic heterocycles. The van der Waals surface area contributed by atoms with Crippen molar-refractivity contribution in [3.05, 3.63) is 60.6 Å². The van der Waals surface area contributed by atoms with Crippen LogP contribution in [0.5, 0.6) is 0 Å². The van der Waals surface area contributed by atoms with Gasteiger partial charge in [-0.2, -0.15) is 4.31 Å². The van der Waals surface area contributed by atoms with Crippen LogP contribution >= 0.6 is 0 Å². The van der Waals surface area contributed by atoms with Crippen LogP contribution in [0.1, 0.15) is 17.6 Å². The van der Waals surface area contributed by atoms with E-state index in [4.69, 9.17) is 4.42 Å². The minimum Gasteiger partial charge on any atom is -0.465 e. The van der Waals surface area contributed by atoms with E-state index >= 15 is 0 Å². The van der Waals surface area contributed by atoms with Crippen LogP contribution in [0.4, 0.5) is 5.69 Å². The van der Waals surface area contributed by atoms with Gasteiger partial charge < -0.3 is 15.1 Å². The van der Waals surface area contributed by atoms with Crippen molar-refractivity contribution < 1.29 is 17.6 Å². The SMILES string of the molecule is C=CC(=O)Nc1ccc(S(=O)(=O)N2CCNC(c3ccc(C)o3)C2)cc1. The van der Waals surface area contributed by atoms with Crippen molar-refractivity contribution in [2.24, 2.45) is 0 Å². The van der Waals surface area contributed by atoms with Gasteiger partial charge in [-0.25, -0.2) is 8.42 Å². The third-order valence-corrected chi connectivity index (χ3v) is 6.07. The minimum absolute atomic E-state index is 0.182. The highest BCUT2D eigenvalue weighted by atomic mass is 32.2. The molecule has 1 atom stereocenters. The number of anilines is 1. The van der Waals surface area contributed by atoms with Gasteiger partial charge in [-0.05, 0) is 49.4 Å². The summed E-state index contributed by atoms with van der Waals surface area (Å²) in [4.78, 5) is 11.5. The number of carbonyl (C=O) groups excluding carboxylic acids is 1. The summed E-state index contributed by atoms with van der Waals surface area (Å²) in [6.07, 6.45) is 1.15. The zero-order valence-corrected chi connectivity index (χ0v) is 15.3. The standard InChI is InChI=1S/C18H21N3O4S/c1-3-18(22)20-14-5-7-15(8-6-14)26(23,24)21-11-10-19-16(12-21)17-9-4-13(2)25-17/h3-9,16,19H,1,10-12H2,2H3,(H,20,22). The Bertz CT molecular complexity index is 903. The van der Waals surface area contributed by atoms with Gasteiger partial charge in [0, 0.05) is 25.3 Å². The molecule has 8 heteroatoms. The number of sulfonamides is 1. The Morgan fingerprint density at radius 3 is 2.65 bits per heavy atom. The van der Waals surface area contributed by atoms with E-state index in [0.29, 0.717) is 25.3 Å². The summed E-state index contributed by atoms with van der Waals surface area (Å²) in [5.74, 6) is 1.17. The number of nitrogens with zero attached hydrogens (tertiary/aromatic N) is 1. The molecule has 26 heavy (non-hydrogen) atoms. The van der Waals surface area contributed by atoms with E-state index in [0.717, 1.165) is 17.6 Å². The molecule has 1 aromatic carbocycles. The molecular weight excluding hydrogens is 354 g/mol. The molecule has 7 nitrogen and oxygen atoms in total. The van der Waals surface area contributed by atoms with Crippen LogP contribution in [0.25, 0.3) is 0 Å². The van der Waals surface area contributed by atoms with Gasteiger partial charge in [0.25, 0.3) is 0 Å². The van der Waals surface area contributed by atoms with Crippen LogP contribution in [-0.4, -0.2) is 38.3 Å². The quantitative estimate of drug-likeness (QED) is 0.781. The summed E-state index contributed by atoms with van der Waals surface area (Å²) in [7, 11) is -3.63. The smallest absolute Gasteiger partial charge is 0.247 e. The van der Waals surface area contributed by atoms with E-state index in [1.165, 1.54) is 16.4 Å². The highest BCUT2D eigenvalue weighted by Crippen LogP contribution is 2.25. The van der Waals surface area contributed by atoms with E-state index in [1.807, 2.05) is 19.1 Å². The summed E-state index contributed by atoms with van der Waals surface area (Å²) in [6, 6.07) is 9.64. The normalized spacial score (nSPS) is 18.4. The number of benzene rings is 1. The van der Waals surface area contributed by atoms with E-state index < -0.39 is 10.0 Å². The lowest BCUT2D eigenvalue weighted by atomic mass is 10.2. The van der Waals surface area contributed by atoms with Gasteiger partial charge in [-0.1, -0.05) is 6.58 Å². The first-order chi connectivity index (χ1) is 12.4. The van der Waals surface area contributed by atoms with Crippen molar-refractivity contribution in [3.63, 3.8) is 0 Å². The maximum atomic E-state index is 12.9. The largest absolute Gasteiger partial charge is 0.465 e. The average Bonchev–Trinajstić information content (AvgIpc) is 3.08. The Balaban J connectivity index is 1.76. The summed E-state index contributed by atoms with van der Waals surface area (Å²) in [5, 5.41) is 5.88. The molecule has 1 amide bonds. The van der Waals surface area contributed by atoms with Gasteiger partial charge in [0.1, 0.15) is 11.5 Å². The van der Waals surface area contributed by atoms with Crippen molar-refractivity contribution in [1.82, 2.24) is 9.62 Å². The fourth-order valence-electron chi connectivity index (χ4n) is 2.83. The molecule has 2 aromatic rings. The second-order valence-electron chi connectivity index (χ2n) is 6.04. The number of hydrogen-bond donors (Lipinski definition) is 2. The number of furan rings is 1. The Kier molecular flexibility index (Phi) is 5.26. The van der Waals surface area contributed by atoms with Gasteiger partial charge in [-0.3, -0.25) is 4.79 Å². The fraction of sp³-hybridized carbons (Fsp3) is 0.278. The molecule has 1 aromatic heterocycles. The Morgan fingerprint density at radius 1 is 1.31 bits per heavy atom. The van der Waals surface area contributed by atoms with Gasteiger partial charge in [-0.15, -0.1) is 0 Å². The van der Waals surface area contributed by atoms with Crippen molar-refractivity contribution in [2.75, 3.05) is 25.0 Å². The third kappa shape index (κ3) is 3.87. The monoisotopic (exact) mass is 375 g/mol. The maximum absolute atomic E-state index is 12.9. The van der Waals surface area contributed by atoms with Crippen molar-refractivity contribution in [2.45, 2.75) is 17.9 Å². The van der Waals surface area contributed by atoms with Crippen LogP contribution < -0.4 is 10.6 Å². The van der Waals surface area contributed by atoms with Gasteiger partial charge in [0.15, 0.2) is 0 Å². The zero-order valence-electron chi connectivity index (χ0n) is 14.4. The van der Waals surface area contributed by atoms with Crippen LogP contribution in [0.15, 0.2) is 58.4 Å². The summed E-state index contributed by atoms with van der Waals surface area (Å²) < 4.78 is 32.9. The second-order valence-corrected chi connectivity index (χ2v) is 7.97. The second kappa shape index (κ2) is 7.45. The number of piperazine rings is 1. The van der Waals surface area contributed by atoms with Crippen LogP contribution in [-0.2, 0) is 14.8 Å². The van der Waals surface area contributed by atoms with Gasteiger partial charge in [0.05, 0.1) is 10.9 Å². The highest BCUT2D eigenvalue weighted by molar-refractivity contribution is 7.89. The molecule has 1 fully saturated rings. The van der Waals surface area contributed by atoms with E-state index in [1.54, 1.807) is 12.1 Å². The molecule has 0 spiro atoms. The predicted molar refractivity (Wildman–Crippen MR) is 98.2 cm³/mol. The first-order valence-corrected chi connectivity index (χ1v) is 9.67. The molecular formula is C18H21N3O4S. The molecule has 2 N–H and O–H groups in total. The maximum Gasteiger partial charge on any atom is 0.247 e. The fourth-order valence-corrected chi connectivity index (χ4v) is 4.28. The predicted octanol–water partition coefficient (Wildman–Crippen LogP) is 2.05. The average molecular weight is 375 g/mol. The topological polar surface area (TPSA) is 91.7 Å². The third-order valence-electron chi connectivity index (χ3n) is 4.19. The minimum atomic E-state index is -3.63. The lowest BCUT2D eigenvalue weighted by Gasteiger charge is -2.32. The summed E-state index contributed by atoms with van der Waals surface area (Å²) in [6.45, 7) is 6.45. The number of carbonyl (C=O) groups is 1. The lowest BCUT2D eigenvalue weighted by Crippen LogP contribution is -2.48. The Labute approximate surface area is 152 Å². The van der Waals surface area contributed by atoms with E-state index in [9.17, 15) is 13.2 Å². The van der Waals surface area contributed by atoms with Crippen molar-refractivity contribution in [1.29, 1.82) is 0 Å². The first-order valence-electron chi connectivity index (χ1n) is 8.23. The summed E-state index contributed by atoms with van der Waals surface area (Å²) >= 11 is 0. The zero-order chi connectivity index (χ0) is 18.7. The van der Waals surface area contributed by atoms with E-state index in [2.05, 4.69) is 17.2 Å². The number of aryl methyl sites for hydroxylation is 1. The summed E-state index contributed by atoms with van der Waals surface area (Å²) in [5.41, 5.74) is 0.512. The molecule has 2 heterocycles. The molecule has 0 aliphatic carbocycles. The molecule has 0 bridgehead atoms. The van der Waals surface area contributed by atoms with E-state index in [-0.39, 0.29) is 16.8 Å². The lowest BCUT2D eigenvalue weighted by molar-refractivity contribution is -0.111. The number of amides is 1. The first kappa shape index (κ1) is 18.4. The van der Waals surface area contributed by atoms with Crippen molar-refractivity contribution in [3.8, 4) is 0 Å². The van der Waals surface area contributed by atoms with Gasteiger partial charge >= 0.3 is 0 Å². The molecule has 138 valence electrons. The molecule has 3 rings (SSSR count). The Morgan fingerprint density at radius 2 is 2.04 bits per heavy atom. The Hall–Kier alpha value is -2.42. The highest BCUT2D eigenvalue weighted by Gasteiger charge is 2.31. The molecule has 1 unspecified atom stereocenters.